The van der Waals surface area contributed by atoms with Crippen LogP contribution in [-0.4, -0.2) is 47.5 Å². The SMILES string of the molecule is Cc1noc2ncnc(NCC3COCCN3)c12. The predicted octanol–water partition coefficient (Wildman–Crippen LogP) is 0.327. The van der Waals surface area contributed by atoms with Gasteiger partial charge in [0.1, 0.15) is 17.5 Å². The third kappa shape index (κ3) is 2.14. The molecule has 7 nitrogen and oxygen atoms in total. The largest absolute Gasteiger partial charge is 0.378 e. The zero-order chi connectivity index (χ0) is 12.4. The maximum absolute atomic E-state index is 5.40. The molecule has 96 valence electrons. The molecule has 1 aliphatic heterocycles. The number of morpholine rings is 1. The van der Waals surface area contributed by atoms with Crippen molar-refractivity contribution in [2.45, 2.75) is 13.0 Å². The number of nitrogens with one attached hydrogen (secondary N) is 2. The van der Waals surface area contributed by atoms with E-state index in [0.29, 0.717) is 18.4 Å². The molecule has 0 spiro atoms. The number of hydrogen-bond acceptors (Lipinski definition) is 7. The lowest BCUT2D eigenvalue weighted by molar-refractivity contribution is 0.0806. The Kier molecular flexibility index (Phi) is 3.07. The fraction of sp³-hybridized carbons (Fsp3) is 0.545. The molecule has 1 unspecified atom stereocenters. The number of hydrogen-bond donors (Lipinski definition) is 2. The Hall–Kier alpha value is -1.73. The van der Waals surface area contributed by atoms with Gasteiger partial charge in [-0.05, 0) is 6.92 Å². The van der Waals surface area contributed by atoms with Gasteiger partial charge in [0.05, 0.1) is 18.9 Å². The minimum atomic E-state index is 0.295. The Morgan fingerprint density at radius 1 is 1.50 bits per heavy atom. The Balaban J connectivity index is 1.75. The maximum Gasteiger partial charge on any atom is 0.263 e. The number of rotatable bonds is 3. The van der Waals surface area contributed by atoms with E-state index in [1.54, 1.807) is 0 Å². The number of fused-ring (bicyclic) bond motifs is 1. The zero-order valence-electron chi connectivity index (χ0n) is 10.1. The summed E-state index contributed by atoms with van der Waals surface area (Å²) in [5, 5.41) is 11.4. The van der Waals surface area contributed by atoms with Crippen LogP contribution in [0, 0.1) is 6.92 Å². The van der Waals surface area contributed by atoms with Crippen LogP contribution in [0.2, 0.25) is 0 Å². The van der Waals surface area contributed by atoms with Crippen molar-refractivity contribution in [3.63, 3.8) is 0 Å². The minimum absolute atomic E-state index is 0.295. The van der Waals surface area contributed by atoms with E-state index in [1.807, 2.05) is 6.92 Å². The molecular weight excluding hydrogens is 234 g/mol. The van der Waals surface area contributed by atoms with Crippen LogP contribution in [0.1, 0.15) is 5.69 Å². The number of nitrogens with zero attached hydrogens (tertiary/aromatic N) is 3. The van der Waals surface area contributed by atoms with E-state index in [4.69, 9.17) is 9.26 Å². The summed E-state index contributed by atoms with van der Waals surface area (Å²) >= 11 is 0. The Labute approximate surface area is 104 Å². The smallest absolute Gasteiger partial charge is 0.263 e. The first kappa shape index (κ1) is 11.4. The Morgan fingerprint density at radius 3 is 3.28 bits per heavy atom. The fourth-order valence-electron chi connectivity index (χ4n) is 2.03. The summed E-state index contributed by atoms with van der Waals surface area (Å²) in [6.07, 6.45) is 1.47. The van der Waals surface area contributed by atoms with Crippen molar-refractivity contribution in [3.8, 4) is 0 Å². The van der Waals surface area contributed by atoms with Crippen molar-refractivity contribution in [3.05, 3.63) is 12.0 Å². The molecule has 1 saturated heterocycles. The predicted molar refractivity (Wildman–Crippen MR) is 65.4 cm³/mol. The highest BCUT2D eigenvalue weighted by molar-refractivity contribution is 5.87. The van der Waals surface area contributed by atoms with Crippen LogP contribution in [0.25, 0.3) is 11.1 Å². The van der Waals surface area contributed by atoms with Gasteiger partial charge < -0.3 is 19.9 Å². The molecule has 2 aromatic heterocycles. The van der Waals surface area contributed by atoms with Crippen molar-refractivity contribution < 1.29 is 9.26 Å². The van der Waals surface area contributed by atoms with Gasteiger partial charge in [-0.25, -0.2) is 4.98 Å². The first-order chi connectivity index (χ1) is 8.84. The molecule has 1 atom stereocenters. The lowest BCUT2D eigenvalue weighted by Gasteiger charge is -2.24. The number of aryl methyl sites for hydroxylation is 1. The molecule has 3 rings (SSSR count). The van der Waals surface area contributed by atoms with Crippen LogP contribution in [0.5, 0.6) is 0 Å². The van der Waals surface area contributed by atoms with Gasteiger partial charge in [-0.3, -0.25) is 0 Å². The molecule has 2 N–H and O–H groups in total. The summed E-state index contributed by atoms with van der Waals surface area (Å²) in [6, 6.07) is 0.295. The lowest BCUT2D eigenvalue weighted by atomic mass is 10.2. The van der Waals surface area contributed by atoms with Crippen LogP contribution in [-0.2, 0) is 4.74 Å². The van der Waals surface area contributed by atoms with E-state index in [1.165, 1.54) is 6.33 Å². The summed E-state index contributed by atoms with van der Waals surface area (Å²) in [7, 11) is 0. The molecule has 1 aliphatic rings. The molecule has 2 aromatic rings. The van der Waals surface area contributed by atoms with Gasteiger partial charge >= 0.3 is 0 Å². The van der Waals surface area contributed by atoms with Crippen molar-refractivity contribution in [2.75, 3.05) is 31.6 Å². The first-order valence-corrected chi connectivity index (χ1v) is 5.96. The summed E-state index contributed by atoms with van der Waals surface area (Å²) in [5.41, 5.74) is 1.30. The van der Waals surface area contributed by atoms with Crippen LogP contribution in [0.3, 0.4) is 0 Å². The topological polar surface area (TPSA) is 85.1 Å². The second-order valence-electron chi connectivity index (χ2n) is 4.28. The third-order valence-corrected chi connectivity index (χ3v) is 2.96. The van der Waals surface area contributed by atoms with Crippen molar-refractivity contribution >= 4 is 16.9 Å². The molecule has 3 heterocycles. The van der Waals surface area contributed by atoms with Gasteiger partial charge in [-0.1, -0.05) is 5.16 Å². The second-order valence-corrected chi connectivity index (χ2v) is 4.28. The van der Waals surface area contributed by atoms with Crippen molar-refractivity contribution in [2.24, 2.45) is 0 Å². The minimum Gasteiger partial charge on any atom is -0.378 e. The normalized spacial score (nSPS) is 20.2. The van der Waals surface area contributed by atoms with E-state index >= 15 is 0 Å². The molecule has 0 bridgehead atoms. The van der Waals surface area contributed by atoms with Crippen molar-refractivity contribution in [1.29, 1.82) is 0 Å². The molecule has 18 heavy (non-hydrogen) atoms. The quantitative estimate of drug-likeness (QED) is 0.810. The monoisotopic (exact) mass is 249 g/mol. The van der Waals surface area contributed by atoms with Gasteiger partial charge in [0.15, 0.2) is 0 Å². The van der Waals surface area contributed by atoms with Crippen molar-refractivity contribution in [1.82, 2.24) is 20.4 Å². The lowest BCUT2D eigenvalue weighted by Crippen LogP contribution is -2.45. The zero-order valence-corrected chi connectivity index (χ0v) is 10.1. The number of ether oxygens (including phenoxy) is 1. The van der Waals surface area contributed by atoms with Gasteiger partial charge in [0.2, 0.25) is 0 Å². The standard InChI is InChI=1S/C11H15N5O2/c1-7-9-10(14-6-15-11(9)18-16-7)13-4-8-5-17-3-2-12-8/h6,8,12H,2-5H2,1H3,(H,13,14,15). The summed E-state index contributed by atoms with van der Waals surface area (Å²) < 4.78 is 10.5. The average molecular weight is 249 g/mol. The first-order valence-electron chi connectivity index (χ1n) is 5.96. The summed E-state index contributed by atoms with van der Waals surface area (Å²) in [6.45, 7) is 5.00. The van der Waals surface area contributed by atoms with E-state index in [0.717, 1.165) is 36.6 Å². The molecule has 0 aromatic carbocycles. The molecule has 0 radical (unpaired) electrons. The molecule has 0 amide bonds. The number of anilines is 1. The summed E-state index contributed by atoms with van der Waals surface area (Å²) in [5.74, 6) is 0.756. The van der Waals surface area contributed by atoms with E-state index in [9.17, 15) is 0 Å². The number of aromatic nitrogens is 3. The highest BCUT2D eigenvalue weighted by atomic mass is 16.5. The maximum atomic E-state index is 5.40. The van der Waals surface area contributed by atoms with E-state index in [-0.39, 0.29) is 0 Å². The van der Waals surface area contributed by atoms with Gasteiger partial charge in [0, 0.05) is 19.1 Å². The van der Waals surface area contributed by atoms with Gasteiger partial charge in [-0.2, -0.15) is 4.98 Å². The third-order valence-electron chi connectivity index (χ3n) is 2.96. The molecular formula is C11H15N5O2. The van der Waals surface area contributed by atoms with Gasteiger partial charge in [0.25, 0.3) is 5.71 Å². The summed E-state index contributed by atoms with van der Waals surface area (Å²) in [4.78, 5) is 8.27. The molecule has 0 saturated carbocycles. The average Bonchev–Trinajstić information content (AvgIpc) is 2.80. The van der Waals surface area contributed by atoms with Crippen LogP contribution < -0.4 is 10.6 Å². The van der Waals surface area contributed by atoms with Gasteiger partial charge in [-0.15, -0.1) is 0 Å². The highest BCUT2D eigenvalue weighted by Gasteiger charge is 2.15. The fourth-order valence-corrected chi connectivity index (χ4v) is 2.03. The van der Waals surface area contributed by atoms with Crippen LogP contribution in [0.4, 0.5) is 5.82 Å². The van der Waals surface area contributed by atoms with Crippen LogP contribution in [0.15, 0.2) is 10.9 Å². The molecule has 0 aliphatic carbocycles. The van der Waals surface area contributed by atoms with E-state index < -0.39 is 0 Å². The van der Waals surface area contributed by atoms with Crippen LogP contribution >= 0.6 is 0 Å². The highest BCUT2D eigenvalue weighted by Crippen LogP contribution is 2.22. The Bertz CT molecular complexity index is 535. The molecule has 1 fully saturated rings. The second kappa shape index (κ2) is 4.87. The van der Waals surface area contributed by atoms with E-state index in [2.05, 4.69) is 25.8 Å². The Morgan fingerprint density at radius 2 is 2.44 bits per heavy atom. The molecule has 7 heteroatoms.